The van der Waals surface area contributed by atoms with Gasteiger partial charge in [-0.05, 0) is 7.05 Å². The Balaban J connectivity index is 1.17. The molecule has 0 unspecified atom stereocenters. The van der Waals surface area contributed by atoms with Crippen LogP contribution in [0.1, 0.15) is 0 Å². The summed E-state index contributed by atoms with van der Waals surface area (Å²) in [5.74, 6) is 0. The Bertz CT molecular complexity index is 312. The van der Waals surface area contributed by atoms with Crippen LogP contribution in [0.4, 0.5) is 0 Å². The highest BCUT2D eigenvalue weighted by Crippen LogP contribution is 2.27. The van der Waals surface area contributed by atoms with E-state index in [9.17, 15) is 0 Å². The minimum absolute atomic E-state index is 0.853. The number of likely N-dealkylation sites (tertiary alicyclic amines) is 3. The molecule has 4 rings (SSSR count). The van der Waals surface area contributed by atoms with Gasteiger partial charge in [-0.25, -0.2) is 0 Å². The lowest BCUT2D eigenvalue weighted by Crippen LogP contribution is -2.74. The highest BCUT2D eigenvalue weighted by Gasteiger charge is 2.44. The zero-order valence-corrected chi connectivity index (χ0v) is 12.1. The third-order valence-electron chi connectivity index (χ3n) is 5.53. The van der Waals surface area contributed by atoms with Gasteiger partial charge in [0.25, 0.3) is 0 Å². The van der Waals surface area contributed by atoms with Crippen LogP contribution in [0.15, 0.2) is 0 Å². The van der Waals surface area contributed by atoms with Gasteiger partial charge in [0.2, 0.25) is 0 Å². The smallest absolute Gasteiger partial charge is 0.0352 e. The van der Waals surface area contributed by atoms with Crippen molar-refractivity contribution in [3.8, 4) is 0 Å². The molecule has 19 heavy (non-hydrogen) atoms. The molecule has 0 aromatic carbocycles. The molecule has 0 amide bonds. The maximum absolute atomic E-state index is 3.44. The standard InChI is InChI=1S/C14H27N5/c1-16-6-12(7-16)18-10-14(11-18)19-8-13(9-19)17-4-2-15-3-5-17/h12-15H,2-11H2,1H3. The summed E-state index contributed by atoms with van der Waals surface area (Å²) in [4.78, 5) is 10.5. The van der Waals surface area contributed by atoms with Crippen LogP contribution >= 0.6 is 0 Å². The molecule has 0 atom stereocenters. The van der Waals surface area contributed by atoms with Crippen LogP contribution in [0.5, 0.6) is 0 Å². The molecular formula is C14H27N5. The van der Waals surface area contributed by atoms with Crippen LogP contribution in [0.2, 0.25) is 0 Å². The highest BCUT2D eigenvalue weighted by molar-refractivity contribution is 5.01. The van der Waals surface area contributed by atoms with Gasteiger partial charge in [-0.15, -0.1) is 0 Å². The van der Waals surface area contributed by atoms with Gasteiger partial charge in [0.1, 0.15) is 0 Å². The highest BCUT2D eigenvalue weighted by atomic mass is 15.4. The van der Waals surface area contributed by atoms with Gasteiger partial charge in [-0.3, -0.25) is 14.7 Å². The van der Waals surface area contributed by atoms with E-state index in [4.69, 9.17) is 0 Å². The second-order valence-corrected chi connectivity index (χ2v) is 6.88. The Morgan fingerprint density at radius 1 is 0.684 bits per heavy atom. The molecule has 0 aromatic heterocycles. The van der Waals surface area contributed by atoms with Crippen LogP contribution in [-0.4, -0.2) is 110 Å². The first-order valence-corrected chi connectivity index (χ1v) is 7.91. The maximum atomic E-state index is 3.44. The van der Waals surface area contributed by atoms with Gasteiger partial charge < -0.3 is 10.2 Å². The van der Waals surface area contributed by atoms with E-state index in [-0.39, 0.29) is 0 Å². The topological polar surface area (TPSA) is 25.0 Å². The monoisotopic (exact) mass is 265 g/mol. The van der Waals surface area contributed by atoms with Gasteiger partial charge in [-0.1, -0.05) is 0 Å². The lowest BCUT2D eigenvalue weighted by atomic mass is 9.95. The summed E-state index contributed by atoms with van der Waals surface area (Å²) in [5, 5.41) is 3.44. The minimum atomic E-state index is 0.853. The summed E-state index contributed by atoms with van der Waals surface area (Å²) in [7, 11) is 2.22. The van der Waals surface area contributed by atoms with E-state index in [0.29, 0.717) is 0 Å². The number of hydrogen-bond donors (Lipinski definition) is 1. The fourth-order valence-corrected chi connectivity index (χ4v) is 3.98. The first kappa shape index (κ1) is 12.5. The SMILES string of the molecule is CN1CC(N2CC(N3CC(N4CCNCC4)C3)C2)C1. The Morgan fingerprint density at radius 2 is 1.16 bits per heavy atom. The van der Waals surface area contributed by atoms with Crippen LogP contribution in [0, 0.1) is 0 Å². The Kier molecular flexibility index (Phi) is 3.28. The Morgan fingerprint density at radius 3 is 1.68 bits per heavy atom. The Hall–Kier alpha value is -0.200. The third kappa shape index (κ3) is 2.32. The normalized spacial score (nSPS) is 33.9. The fourth-order valence-electron chi connectivity index (χ4n) is 3.98. The van der Waals surface area contributed by atoms with E-state index in [1.54, 1.807) is 0 Å². The molecule has 4 heterocycles. The van der Waals surface area contributed by atoms with E-state index >= 15 is 0 Å². The van der Waals surface area contributed by atoms with Gasteiger partial charge in [0.15, 0.2) is 0 Å². The van der Waals surface area contributed by atoms with Gasteiger partial charge >= 0.3 is 0 Å². The van der Waals surface area contributed by atoms with Gasteiger partial charge in [0, 0.05) is 83.6 Å². The predicted molar refractivity (Wildman–Crippen MR) is 76.4 cm³/mol. The Labute approximate surface area is 116 Å². The van der Waals surface area contributed by atoms with Crippen LogP contribution < -0.4 is 5.32 Å². The van der Waals surface area contributed by atoms with Crippen molar-refractivity contribution < 1.29 is 0 Å². The van der Waals surface area contributed by atoms with E-state index in [2.05, 4.69) is 32.0 Å². The quantitative estimate of drug-likeness (QED) is 0.675. The van der Waals surface area contributed by atoms with Crippen molar-refractivity contribution >= 4 is 0 Å². The molecule has 5 heteroatoms. The largest absolute Gasteiger partial charge is 0.314 e. The van der Waals surface area contributed by atoms with E-state index < -0.39 is 0 Å². The minimum Gasteiger partial charge on any atom is -0.314 e. The van der Waals surface area contributed by atoms with Crippen molar-refractivity contribution in [2.75, 3.05) is 72.5 Å². The molecule has 0 aromatic rings. The zero-order chi connectivity index (χ0) is 12.8. The second kappa shape index (κ2) is 4.97. The van der Waals surface area contributed by atoms with Crippen molar-refractivity contribution in [1.29, 1.82) is 0 Å². The maximum Gasteiger partial charge on any atom is 0.0352 e. The van der Waals surface area contributed by atoms with Crippen molar-refractivity contribution in [3.05, 3.63) is 0 Å². The van der Waals surface area contributed by atoms with Crippen LogP contribution in [0.3, 0.4) is 0 Å². The van der Waals surface area contributed by atoms with E-state index in [0.717, 1.165) is 18.1 Å². The molecule has 4 saturated heterocycles. The van der Waals surface area contributed by atoms with Crippen molar-refractivity contribution in [2.45, 2.75) is 18.1 Å². The second-order valence-electron chi connectivity index (χ2n) is 6.88. The summed E-state index contributed by atoms with van der Waals surface area (Å²) in [5.41, 5.74) is 0. The van der Waals surface area contributed by atoms with Gasteiger partial charge in [-0.2, -0.15) is 0 Å². The number of hydrogen-bond acceptors (Lipinski definition) is 5. The lowest BCUT2D eigenvalue weighted by molar-refractivity contribution is -0.0855. The predicted octanol–water partition coefficient (Wildman–Crippen LogP) is -1.43. The fraction of sp³-hybridized carbons (Fsp3) is 1.00. The molecule has 4 aliphatic heterocycles. The molecule has 1 N–H and O–H groups in total. The van der Waals surface area contributed by atoms with Crippen molar-refractivity contribution in [1.82, 2.24) is 24.9 Å². The summed E-state index contributed by atoms with van der Waals surface area (Å²) in [6.45, 7) is 12.7. The number of likely N-dealkylation sites (N-methyl/N-ethyl adjacent to an activating group) is 1. The molecule has 108 valence electrons. The molecule has 4 aliphatic rings. The molecule has 0 bridgehead atoms. The van der Waals surface area contributed by atoms with Gasteiger partial charge in [0.05, 0.1) is 0 Å². The molecule has 5 nitrogen and oxygen atoms in total. The number of piperazine rings is 1. The number of nitrogens with zero attached hydrogens (tertiary/aromatic N) is 4. The third-order valence-corrected chi connectivity index (χ3v) is 5.53. The molecule has 0 aliphatic carbocycles. The molecule has 4 fully saturated rings. The summed E-state index contributed by atoms with van der Waals surface area (Å²) >= 11 is 0. The lowest BCUT2D eigenvalue weighted by Gasteiger charge is -2.58. The summed E-state index contributed by atoms with van der Waals surface area (Å²) < 4.78 is 0. The van der Waals surface area contributed by atoms with Crippen LogP contribution in [-0.2, 0) is 0 Å². The first-order valence-electron chi connectivity index (χ1n) is 7.91. The van der Waals surface area contributed by atoms with E-state index in [1.165, 1.54) is 65.4 Å². The zero-order valence-electron chi connectivity index (χ0n) is 12.1. The van der Waals surface area contributed by atoms with E-state index in [1.807, 2.05) is 0 Å². The number of nitrogens with one attached hydrogen (secondary N) is 1. The van der Waals surface area contributed by atoms with Crippen molar-refractivity contribution in [3.63, 3.8) is 0 Å². The first-order chi connectivity index (χ1) is 9.29. The number of rotatable bonds is 3. The molecule has 0 radical (unpaired) electrons. The molecule has 0 saturated carbocycles. The summed E-state index contributed by atoms with van der Waals surface area (Å²) in [6, 6.07) is 2.59. The summed E-state index contributed by atoms with van der Waals surface area (Å²) in [6.07, 6.45) is 0. The van der Waals surface area contributed by atoms with Crippen molar-refractivity contribution in [2.24, 2.45) is 0 Å². The van der Waals surface area contributed by atoms with Crippen LogP contribution in [0.25, 0.3) is 0 Å². The molecular weight excluding hydrogens is 238 g/mol. The average molecular weight is 265 g/mol. The molecule has 0 spiro atoms. The average Bonchev–Trinajstić information content (AvgIpc) is 2.28.